The summed E-state index contributed by atoms with van der Waals surface area (Å²) in [7, 11) is 0. The highest BCUT2D eigenvalue weighted by Gasteiger charge is 2.17. The van der Waals surface area contributed by atoms with E-state index in [1.54, 1.807) is 23.5 Å². The molecule has 1 heterocycles. The van der Waals surface area contributed by atoms with Crippen molar-refractivity contribution in [2.45, 2.75) is 19.9 Å². The summed E-state index contributed by atoms with van der Waals surface area (Å²) in [5.74, 6) is 0. The van der Waals surface area contributed by atoms with Gasteiger partial charge in [0.2, 0.25) is 0 Å². The summed E-state index contributed by atoms with van der Waals surface area (Å²) in [4.78, 5) is 15.0. The van der Waals surface area contributed by atoms with Gasteiger partial charge in [-0.1, -0.05) is 15.9 Å². The molecule has 0 saturated carbocycles. The highest BCUT2D eigenvalue weighted by Crippen LogP contribution is 2.31. The first kappa shape index (κ1) is 14.0. The number of nitrogens with zero attached hydrogens (tertiary/aromatic N) is 2. The van der Waals surface area contributed by atoms with E-state index in [0.29, 0.717) is 10.2 Å². The van der Waals surface area contributed by atoms with Crippen LogP contribution in [0.3, 0.4) is 0 Å². The molecule has 2 aromatic rings. The van der Waals surface area contributed by atoms with Crippen molar-refractivity contribution in [2.24, 2.45) is 0 Å². The predicted octanol–water partition coefficient (Wildman–Crippen LogP) is 4.30. The summed E-state index contributed by atoms with van der Waals surface area (Å²) in [6.45, 7) is 3.86. The summed E-state index contributed by atoms with van der Waals surface area (Å²) in [5, 5.41) is 17.1. The molecule has 5 nitrogen and oxygen atoms in total. The maximum Gasteiger partial charge on any atom is 0.293 e. The van der Waals surface area contributed by atoms with Gasteiger partial charge >= 0.3 is 0 Å². The number of aromatic nitrogens is 1. The molecule has 0 bridgehead atoms. The van der Waals surface area contributed by atoms with Gasteiger partial charge in [0.25, 0.3) is 5.69 Å². The summed E-state index contributed by atoms with van der Waals surface area (Å²) in [6, 6.07) is 4.87. The van der Waals surface area contributed by atoms with E-state index in [4.69, 9.17) is 0 Å². The molecule has 0 spiro atoms. The number of anilines is 1. The summed E-state index contributed by atoms with van der Waals surface area (Å²) >= 11 is 4.80. The zero-order valence-electron chi connectivity index (χ0n) is 10.4. The average Bonchev–Trinajstić information content (AvgIpc) is 2.78. The zero-order valence-corrected chi connectivity index (χ0v) is 12.8. The van der Waals surface area contributed by atoms with E-state index in [9.17, 15) is 10.1 Å². The quantitative estimate of drug-likeness (QED) is 0.665. The Morgan fingerprint density at radius 3 is 2.84 bits per heavy atom. The number of aryl methyl sites for hydroxylation is 1. The molecule has 1 aromatic heterocycles. The second kappa shape index (κ2) is 5.66. The van der Waals surface area contributed by atoms with E-state index in [1.807, 2.05) is 19.2 Å². The standard InChI is InChI=1S/C12H12BrN3O2S/c1-7(11-6-19-8(2)15-11)14-10-4-3-9(13)5-12(10)16(17)18/h3-7,14H,1-2H3. The number of halogens is 1. The Labute approximate surface area is 123 Å². The first-order valence-corrected chi connectivity index (χ1v) is 7.27. The molecule has 1 aromatic carbocycles. The average molecular weight is 342 g/mol. The van der Waals surface area contributed by atoms with Crippen LogP contribution in [0.15, 0.2) is 28.1 Å². The first-order chi connectivity index (χ1) is 8.97. The SMILES string of the molecule is Cc1nc(C(C)Nc2ccc(Br)cc2[N+](=O)[O-])cs1. The van der Waals surface area contributed by atoms with Crippen LogP contribution in [0, 0.1) is 17.0 Å². The van der Waals surface area contributed by atoms with Crippen molar-refractivity contribution in [1.82, 2.24) is 4.98 Å². The van der Waals surface area contributed by atoms with E-state index in [0.717, 1.165) is 10.7 Å². The second-order valence-electron chi connectivity index (χ2n) is 4.08. The number of nitro groups is 1. The van der Waals surface area contributed by atoms with Gasteiger partial charge in [0.05, 0.1) is 21.7 Å². The van der Waals surface area contributed by atoms with Crippen LogP contribution in [0.1, 0.15) is 23.7 Å². The second-order valence-corrected chi connectivity index (χ2v) is 6.05. The Kier molecular flexibility index (Phi) is 4.16. The van der Waals surface area contributed by atoms with Gasteiger partial charge in [-0.25, -0.2) is 4.98 Å². The molecule has 0 saturated heterocycles. The van der Waals surface area contributed by atoms with Gasteiger partial charge in [-0.05, 0) is 26.0 Å². The van der Waals surface area contributed by atoms with E-state index >= 15 is 0 Å². The Hall–Kier alpha value is -1.47. The first-order valence-electron chi connectivity index (χ1n) is 5.60. The maximum atomic E-state index is 11.0. The zero-order chi connectivity index (χ0) is 14.0. The van der Waals surface area contributed by atoms with E-state index in [-0.39, 0.29) is 11.7 Å². The van der Waals surface area contributed by atoms with E-state index in [2.05, 4.69) is 26.2 Å². The van der Waals surface area contributed by atoms with E-state index in [1.165, 1.54) is 6.07 Å². The Morgan fingerprint density at radius 1 is 1.53 bits per heavy atom. The Bertz CT molecular complexity index is 615. The lowest BCUT2D eigenvalue weighted by atomic mass is 10.2. The van der Waals surface area contributed by atoms with E-state index < -0.39 is 4.92 Å². The van der Waals surface area contributed by atoms with Gasteiger partial charge in [-0.15, -0.1) is 11.3 Å². The summed E-state index contributed by atoms with van der Waals surface area (Å²) in [5.41, 5.74) is 1.43. The minimum atomic E-state index is -0.397. The van der Waals surface area contributed by atoms with Crippen LogP contribution in [0.4, 0.5) is 11.4 Å². The molecule has 19 heavy (non-hydrogen) atoms. The number of hydrogen-bond acceptors (Lipinski definition) is 5. The molecule has 0 amide bonds. The largest absolute Gasteiger partial charge is 0.371 e. The fourth-order valence-corrected chi connectivity index (χ4v) is 2.72. The number of nitro benzene ring substituents is 1. The number of hydrogen-bond donors (Lipinski definition) is 1. The third-order valence-electron chi connectivity index (χ3n) is 2.61. The summed E-state index contributed by atoms with van der Waals surface area (Å²) in [6.07, 6.45) is 0. The summed E-state index contributed by atoms with van der Waals surface area (Å²) < 4.78 is 0.682. The fraction of sp³-hybridized carbons (Fsp3) is 0.250. The van der Waals surface area contributed by atoms with Crippen LogP contribution in [0.5, 0.6) is 0 Å². The van der Waals surface area contributed by atoms with Crippen molar-refractivity contribution < 1.29 is 4.92 Å². The maximum absolute atomic E-state index is 11.0. The Morgan fingerprint density at radius 2 is 2.26 bits per heavy atom. The predicted molar refractivity (Wildman–Crippen MR) is 79.7 cm³/mol. The molecule has 0 aliphatic carbocycles. The van der Waals surface area contributed by atoms with Crippen molar-refractivity contribution in [3.8, 4) is 0 Å². The van der Waals surface area contributed by atoms with Crippen LogP contribution < -0.4 is 5.32 Å². The number of benzene rings is 1. The molecule has 100 valence electrons. The van der Waals surface area contributed by atoms with Gasteiger partial charge in [-0.2, -0.15) is 0 Å². The lowest BCUT2D eigenvalue weighted by Crippen LogP contribution is -2.08. The number of rotatable bonds is 4. The topological polar surface area (TPSA) is 68.1 Å². The molecular weight excluding hydrogens is 330 g/mol. The highest BCUT2D eigenvalue weighted by atomic mass is 79.9. The molecule has 1 unspecified atom stereocenters. The third-order valence-corrected chi connectivity index (χ3v) is 3.89. The lowest BCUT2D eigenvalue weighted by Gasteiger charge is -2.13. The molecule has 1 N–H and O–H groups in total. The van der Waals surface area contributed by atoms with Crippen molar-refractivity contribution in [3.05, 3.63) is 48.9 Å². The molecule has 0 fully saturated rings. The smallest absolute Gasteiger partial charge is 0.293 e. The number of thiazole rings is 1. The Balaban J connectivity index is 2.26. The van der Waals surface area contributed by atoms with Gasteiger partial charge in [0.15, 0.2) is 0 Å². The van der Waals surface area contributed by atoms with Crippen molar-refractivity contribution in [3.63, 3.8) is 0 Å². The van der Waals surface area contributed by atoms with Gasteiger partial charge in [0.1, 0.15) is 5.69 Å². The van der Waals surface area contributed by atoms with Crippen LogP contribution in [-0.4, -0.2) is 9.91 Å². The minimum absolute atomic E-state index is 0.0492. The minimum Gasteiger partial charge on any atom is -0.371 e. The van der Waals surface area contributed by atoms with Gasteiger partial charge in [0, 0.05) is 15.9 Å². The van der Waals surface area contributed by atoms with Crippen molar-refractivity contribution in [2.75, 3.05) is 5.32 Å². The molecule has 1 atom stereocenters. The monoisotopic (exact) mass is 341 g/mol. The third kappa shape index (κ3) is 3.30. The molecule has 2 rings (SSSR count). The highest BCUT2D eigenvalue weighted by molar-refractivity contribution is 9.10. The van der Waals surface area contributed by atoms with Crippen LogP contribution in [0.25, 0.3) is 0 Å². The number of nitrogens with one attached hydrogen (secondary N) is 1. The normalized spacial score (nSPS) is 12.2. The molecule has 0 aliphatic heterocycles. The van der Waals surface area contributed by atoms with Gasteiger partial charge < -0.3 is 5.32 Å². The lowest BCUT2D eigenvalue weighted by molar-refractivity contribution is -0.384. The van der Waals surface area contributed by atoms with Crippen molar-refractivity contribution >= 4 is 38.6 Å². The van der Waals surface area contributed by atoms with Crippen LogP contribution >= 0.6 is 27.3 Å². The fourth-order valence-electron chi connectivity index (χ4n) is 1.66. The molecule has 0 aliphatic rings. The molecular formula is C12H12BrN3O2S. The molecule has 7 heteroatoms. The molecule has 0 radical (unpaired) electrons. The van der Waals surface area contributed by atoms with Crippen LogP contribution in [0.2, 0.25) is 0 Å². The van der Waals surface area contributed by atoms with Gasteiger partial charge in [-0.3, -0.25) is 10.1 Å². The van der Waals surface area contributed by atoms with Crippen molar-refractivity contribution in [1.29, 1.82) is 0 Å². The van der Waals surface area contributed by atoms with Crippen LogP contribution in [-0.2, 0) is 0 Å².